The van der Waals surface area contributed by atoms with Crippen molar-refractivity contribution in [3.05, 3.63) is 36.0 Å². The summed E-state index contributed by atoms with van der Waals surface area (Å²) >= 11 is 0. The molecule has 0 bridgehead atoms. The predicted molar refractivity (Wildman–Crippen MR) is 92.7 cm³/mol. The highest BCUT2D eigenvalue weighted by molar-refractivity contribution is 5.97. The summed E-state index contributed by atoms with van der Waals surface area (Å²) in [7, 11) is 1.58. The maximum atomic E-state index is 12.2. The number of ketones is 1. The number of unbranched alkanes of at least 4 members (excludes halogenated alkanes) is 1. The summed E-state index contributed by atoms with van der Waals surface area (Å²) in [6.07, 6.45) is 3.52. The largest absolute Gasteiger partial charge is 0.497 e. The molecular weight excluding hydrogens is 308 g/mol. The third-order valence-corrected chi connectivity index (χ3v) is 3.37. The number of carbonyl (C=O) groups is 1. The lowest BCUT2D eigenvalue weighted by molar-refractivity contribution is 0.0921. The topological polar surface area (TPSA) is 99.4 Å². The second kappa shape index (κ2) is 8.71. The molecule has 128 valence electrons. The quantitative estimate of drug-likeness (QED) is 0.538. The summed E-state index contributed by atoms with van der Waals surface area (Å²) in [5.41, 5.74) is 6.16. The van der Waals surface area contributed by atoms with Crippen LogP contribution in [0, 0.1) is 0 Å². The number of nitrogens with one attached hydrogen (secondary N) is 1. The number of benzene rings is 1. The lowest BCUT2D eigenvalue weighted by atomic mass is 10.1. The molecule has 24 heavy (non-hydrogen) atoms. The van der Waals surface area contributed by atoms with E-state index in [1.165, 1.54) is 6.20 Å². The number of rotatable bonds is 9. The van der Waals surface area contributed by atoms with E-state index >= 15 is 0 Å². The number of aromatic nitrogens is 2. The Morgan fingerprint density at radius 3 is 2.71 bits per heavy atom. The van der Waals surface area contributed by atoms with Crippen LogP contribution in [-0.2, 0) is 0 Å². The van der Waals surface area contributed by atoms with Gasteiger partial charge < -0.3 is 20.5 Å². The number of nitrogen functional groups attached to an aromatic ring is 1. The summed E-state index contributed by atoms with van der Waals surface area (Å²) < 4.78 is 10.6. The van der Waals surface area contributed by atoms with Crippen LogP contribution in [0.25, 0.3) is 0 Å². The number of carbonyl (C=O) groups excluding carboxylic acids is 1. The maximum Gasteiger partial charge on any atom is 0.222 e. The third kappa shape index (κ3) is 4.84. The molecule has 0 amide bonds. The third-order valence-electron chi connectivity index (χ3n) is 3.37. The Kier molecular flexibility index (Phi) is 6.36. The van der Waals surface area contributed by atoms with E-state index in [1.54, 1.807) is 31.4 Å². The Hall–Kier alpha value is -2.83. The molecule has 0 saturated heterocycles. The minimum Gasteiger partial charge on any atom is -0.497 e. The normalized spacial score (nSPS) is 10.2. The van der Waals surface area contributed by atoms with E-state index in [0.29, 0.717) is 22.9 Å². The van der Waals surface area contributed by atoms with Crippen LogP contribution in [0.3, 0.4) is 0 Å². The highest BCUT2D eigenvalue weighted by Gasteiger charge is 2.11. The van der Waals surface area contributed by atoms with Crippen LogP contribution in [0.2, 0.25) is 0 Å². The van der Waals surface area contributed by atoms with E-state index in [4.69, 9.17) is 15.2 Å². The van der Waals surface area contributed by atoms with Gasteiger partial charge in [0.1, 0.15) is 5.75 Å². The zero-order valence-electron chi connectivity index (χ0n) is 13.9. The van der Waals surface area contributed by atoms with Gasteiger partial charge in [0.05, 0.1) is 13.3 Å². The first kappa shape index (κ1) is 17.5. The zero-order valence-corrected chi connectivity index (χ0v) is 13.9. The fraction of sp³-hybridized carbons (Fsp3) is 0.353. The van der Waals surface area contributed by atoms with E-state index in [0.717, 1.165) is 19.4 Å². The van der Waals surface area contributed by atoms with Crippen molar-refractivity contribution in [2.24, 2.45) is 0 Å². The zero-order chi connectivity index (χ0) is 17.4. The number of nitrogens with zero attached hydrogens (tertiary/aromatic N) is 2. The smallest absolute Gasteiger partial charge is 0.222 e. The van der Waals surface area contributed by atoms with Crippen LogP contribution < -0.4 is 20.5 Å². The Labute approximate surface area is 141 Å². The molecule has 0 aliphatic carbocycles. The van der Waals surface area contributed by atoms with Crippen molar-refractivity contribution < 1.29 is 14.3 Å². The Balaban J connectivity index is 2.00. The molecule has 7 nitrogen and oxygen atoms in total. The molecule has 0 atom stereocenters. The number of hydrogen-bond acceptors (Lipinski definition) is 7. The standard InChI is InChI=1S/C17H22N4O3/c1-3-4-9-19-16-15(10-20-17(18)21-16)24-11-14(22)12-5-7-13(23-2)8-6-12/h5-8,10H,3-4,9,11H2,1-2H3,(H3,18,19,20,21). The molecule has 1 aromatic heterocycles. The van der Waals surface area contributed by atoms with Crippen LogP contribution >= 0.6 is 0 Å². The van der Waals surface area contributed by atoms with Crippen molar-refractivity contribution in [1.82, 2.24) is 9.97 Å². The van der Waals surface area contributed by atoms with E-state index in [9.17, 15) is 4.79 Å². The molecule has 0 saturated carbocycles. The summed E-state index contributed by atoms with van der Waals surface area (Å²) in [4.78, 5) is 20.2. The minimum absolute atomic E-state index is 0.109. The second-order valence-corrected chi connectivity index (χ2v) is 5.16. The summed E-state index contributed by atoms with van der Waals surface area (Å²) in [6, 6.07) is 6.86. The van der Waals surface area contributed by atoms with Crippen LogP contribution in [0.4, 0.5) is 11.8 Å². The van der Waals surface area contributed by atoms with Crippen LogP contribution in [0.1, 0.15) is 30.1 Å². The molecule has 0 radical (unpaired) electrons. The summed E-state index contributed by atoms with van der Waals surface area (Å²) in [6.45, 7) is 2.73. The number of anilines is 2. The highest BCUT2D eigenvalue weighted by atomic mass is 16.5. The average Bonchev–Trinajstić information content (AvgIpc) is 2.61. The molecule has 2 rings (SSSR count). The van der Waals surface area contributed by atoms with Crippen molar-refractivity contribution in [3.63, 3.8) is 0 Å². The van der Waals surface area contributed by atoms with Gasteiger partial charge in [-0.25, -0.2) is 4.98 Å². The molecular formula is C17H22N4O3. The minimum atomic E-state index is -0.144. The second-order valence-electron chi connectivity index (χ2n) is 5.16. The molecule has 0 spiro atoms. The van der Waals surface area contributed by atoms with Gasteiger partial charge in [0.2, 0.25) is 5.95 Å². The summed E-state index contributed by atoms with van der Waals surface area (Å²) in [5, 5.41) is 3.15. The summed E-state index contributed by atoms with van der Waals surface area (Å²) in [5.74, 6) is 1.61. The molecule has 7 heteroatoms. The Morgan fingerprint density at radius 1 is 1.29 bits per heavy atom. The first-order chi connectivity index (χ1) is 11.6. The van der Waals surface area contributed by atoms with Gasteiger partial charge in [0.25, 0.3) is 0 Å². The Morgan fingerprint density at radius 2 is 2.04 bits per heavy atom. The molecule has 0 aliphatic heterocycles. The van der Waals surface area contributed by atoms with E-state index in [2.05, 4.69) is 22.2 Å². The number of hydrogen-bond donors (Lipinski definition) is 2. The molecule has 1 aromatic carbocycles. The average molecular weight is 330 g/mol. The van der Waals surface area contributed by atoms with Crippen molar-refractivity contribution in [1.29, 1.82) is 0 Å². The number of nitrogens with two attached hydrogens (primary N) is 1. The first-order valence-corrected chi connectivity index (χ1v) is 7.80. The maximum absolute atomic E-state index is 12.2. The van der Waals surface area contributed by atoms with Crippen LogP contribution in [0.5, 0.6) is 11.5 Å². The monoisotopic (exact) mass is 330 g/mol. The Bertz CT molecular complexity index is 674. The molecule has 1 heterocycles. The number of methoxy groups -OCH3 is 1. The van der Waals surface area contributed by atoms with Crippen LogP contribution in [0.15, 0.2) is 30.5 Å². The van der Waals surface area contributed by atoms with Crippen molar-refractivity contribution >= 4 is 17.5 Å². The molecule has 0 unspecified atom stereocenters. The lowest BCUT2D eigenvalue weighted by Gasteiger charge is -2.12. The predicted octanol–water partition coefficient (Wildman–Crippen LogP) is 2.54. The van der Waals surface area contributed by atoms with Crippen LogP contribution in [-0.4, -0.2) is 36.0 Å². The van der Waals surface area contributed by atoms with Gasteiger partial charge in [0, 0.05) is 12.1 Å². The fourth-order valence-corrected chi connectivity index (χ4v) is 2.00. The van der Waals surface area contributed by atoms with E-state index in [1.807, 2.05) is 0 Å². The number of Topliss-reactive ketones (excluding diaryl/α,β-unsaturated/α-hetero) is 1. The molecule has 3 N–H and O–H groups in total. The SMILES string of the molecule is CCCCNc1nc(N)ncc1OCC(=O)c1ccc(OC)cc1. The highest BCUT2D eigenvalue weighted by Crippen LogP contribution is 2.22. The van der Waals surface area contributed by atoms with Crippen molar-refractivity contribution in [2.75, 3.05) is 31.3 Å². The number of ether oxygens (including phenoxy) is 2. The molecule has 0 aliphatic rings. The molecule has 2 aromatic rings. The van der Waals surface area contributed by atoms with Gasteiger partial charge in [-0.05, 0) is 30.7 Å². The van der Waals surface area contributed by atoms with Gasteiger partial charge in [-0.15, -0.1) is 0 Å². The van der Waals surface area contributed by atoms with Gasteiger partial charge in [0.15, 0.2) is 24.0 Å². The van der Waals surface area contributed by atoms with E-state index < -0.39 is 0 Å². The molecule has 0 fully saturated rings. The fourth-order valence-electron chi connectivity index (χ4n) is 2.00. The lowest BCUT2D eigenvalue weighted by Crippen LogP contribution is -2.14. The van der Waals surface area contributed by atoms with Gasteiger partial charge in [-0.1, -0.05) is 13.3 Å². The van der Waals surface area contributed by atoms with Gasteiger partial charge in [-0.2, -0.15) is 4.98 Å². The van der Waals surface area contributed by atoms with Crippen molar-refractivity contribution in [3.8, 4) is 11.5 Å². The van der Waals surface area contributed by atoms with E-state index in [-0.39, 0.29) is 18.3 Å². The van der Waals surface area contributed by atoms with Gasteiger partial charge in [-0.3, -0.25) is 4.79 Å². The van der Waals surface area contributed by atoms with Crippen molar-refractivity contribution in [2.45, 2.75) is 19.8 Å². The first-order valence-electron chi connectivity index (χ1n) is 7.80. The van der Waals surface area contributed by atoms with Gasteiger partial charge >= 0.3 is 0 Å².